The quantitative estimate of drug-likeness (QED) is 0.855. The van der Waals surface area contributed by atoms with Gasteiger partial charge in [-0.1, -0.05) is 0 Å². The van der Waals surface area contributed by atoms with Crippen molar-refractivity contribution in [3.05, 3.63) is 59.7 Å². The van der Waals surface area contributed by atoms with Gasteiger partial charge in [0.25, 0.3) is 5.91 Å². The monoisotopic (exact) mass is 331 g/mol. The fourth-order valence-corrected chi connectivity index (χ4v) is 1.67. The van der Waals surface area contributed by atoms with Gasteiger partial charge in [0.15, 0.2) is 6.61 Å². The molecule has 2 rings (SSSR count). The number of nitrogens with one attached hydrogen (secondary N) is 1. The molecule has 0 unspecified atom stereocenters. The van der Waals surface area contributed by atoms with Crippen LogP contribution in [0.5, 0.6) is 5.75 Å². The van der Waals surface area contributed by atoms with E-state index in [1.54, 1.807) is 0 Å². The minimum Gasteiger partial charge on any atom is -0.484 e. The number of alkyl halides is 3. The number of halogens is 5. The zero-order chi connectivity index (χ0) is 17.0. The van der Waals surface area contributed by atoms with Gasteiger partial charge < -0.3 is 10.1 Å². The smallest absolute Gasteiger partial charge is 0.422 e. The van der Waals surface area contributed by atoms with Gasteiger partial charge in [-0.3, -0.25) is 4.79 Å². The van der Waals surface area contributed by atoms with Crippen molar-refractivity contribution in [2.24, 2.45) is 0 Å². The van der Waals surface area contributed by atoms with Gasteiger partial charge in [0.05, 0.1) is 5.56 Å². The number of benzene rings is 2. The highest BCUT2D eigenvalue weighted by Gasteiger charge is 2.28. The van der Waals surface area contributed by atoms with Crippen molar-refractivity contribution in [3.63, 3.8) is 0 Å². The predicted octanol–water partition coefficient (Wildman–Crippen LogP) is 4.16. The van der Waals surface area contributed by atoms with Crippen LogP contribution in [0.15, 0.2) is 42.5 Å². The summed E-state index contributed by atoms with van der Waals surface area (Å²) in [4.78, 5) is 11.8. The number of carbonyl (C=O) groups excluding carboxylic acids is 1. The van der Waals surface area contributed by atoms with E-state index in [-0.39, 0.29) is 17.0 Å². The first-order valence-electron chi connectivity index (χ1n) is 6.30. The highest BCUT2D eigenvalue weighted by atomic mass is 19.4. The Hall–Kier alpha value is -2.64. The van der Waals surface area contributed by atoms with E-state index in [0.717, 1.165) is 12.1 Å². The van der Waals surface area contributed by atoms with E-state index in [1.807, 2.05) is 0 Å². The Morgan fingerprint density at radius 3 is 2.26 bits per heavy atom. The predicted molar refractivity (Wildman–Crippen MR) is 72.3 cm³/mol. The first-order valence-corrected chi connectivity index (χ1v) is 6.30. The molecule has 0 saturated carbocycles. The molecule has 2 aromatic rings. The van der Waals surface area contributed by atoms with Crippen LogP contribution in [0.4, 0.5) is 27.6 Å². The van der Waals surface area contributed by atoms with Crippen molar-refractivity contribution < 1.29 is 31.5 Å². The second-order valence-corrected chi connectivity index (χ2v) is 4.51. The second-order valence-electron chi connectivity index (χ2n) is 4.51. The molecule has 0 saturated heterocycles. The Morgan fingerprint density at radius 2 is 1.70 bits per heavy atom. The zero-order valence-electron chi connectivity index (χ0n) is 11.5. The molecule has 8 heteroatoms. The summed E-state index contributed by atoms with van der Waals surface area (Å²) >= 11 is 0. The van der Waals surface area contributed by atoms with Gasteiger partial charge in [-0.2, -0.15) is 13.2 Å². The van der Waals surface area contributed by atoms with E-state index in [2.05, 4.69) is 10.1 Å². The van der Waals surface area contributed by atoms with Gasteiger partial charge in [0.2, 0.25) is 0 Å². The molecule has 0 radical (unpaired) electrons. The summed E-state index contributed by atoms with van der Waals surface area (Å²) in [5.74, 6) is -2.68. The summed E-state index contributed by atoms with van der Waals surface area (Å²) in [5.41, 5.74) is -0.137. The number of anilines is 1. The van der Waals surface area contributed by atoms with Gasteiger partial charge in [-0.15, -0.1) is 0 Å². The molecular formula is C15H10F5NO2. The van der Waals surface area contributed by atoms with E-state index in [9.17, 15) is 26.7 Å². The van der Waals surface area contributed by atoms with Gasteiger partial charge in [-0.05, 0) is 36.4 Å². The summed E-state index contributed by atoms with van der Waals surface area (Å²) < 4.78 is 66.7. The second kappa shape index (κ2) is 6.64. The minimum atomic E-state index is -4.45. The SMILES string of the molecule is O=C(Nc1ccc(OCC(F)(F)F)cc1)c1ccc(F)cc1F. The Labute approximate surface area is 127 Å². The molecule has 0 spiro atoms. The Bertz CT molecular complexity index is 698. The van der Waals surface area contributed by atoms with Crippen molar-refractivity contribution in [1.29, 1.82) is 0 Å². The summed E-state index contributed by atoms with van der Waals surface area (Å²) in [7, 11) is 0. The minimum absolute atomic E-state index is 0.0340. The van der Waals surface area contributed by atoms with Crippen LogP contribution in [0.25, 0.3) is 0 Å². The van der Waals surface area contributed by atoms with Crippen molar-refractivity contribution >= 4 is 11.6 Å². The maximum atomic E-state index is 13.5. The van der Waals surface area contributed by atoms with E-state index in [0.29, 0.717) is 6.07 Å². The first kappa shape index (κ1) is 16.7. The van der Waals surface area contributed by atoms with Gasteiger partial charge >= 0.3 is 6.18 Å². The third kappa shape index (κ3) is 4.94. The van der Waals surface area contributed by atoms with Gasteiger partial charge in [-0.25, -0.2) is 8.78 Å². The third-order valence-corrected chi connectivity index (χ3v) is 2.69. The molecule has 1 N–H and O–H groups in total. The van der Waals surface area contributed by atoms with Crippen molar-refractivity contribution in [2.75, 3.05) is 11.9 Å². The standard InChI is InChI=1S/C15H10F5NO2/c16-9-1-6-12(13(17)7-9)14(22)21-10-2-4-11(5-3-10)23-8-15(18,19)20/h1-7H,8H2,(H,21,22). The Kier molecular flexibility index (Phi) is 4.83. The van der Waals surface area contributed by atoms with Crippen LogP contribution in [-0.4, -0.2) is 18.7 Å². The summed E-state index contributed by atoms with van der Waals surface area (Å²) in [6.07, 6.45) is -4.45. The van der Waals surface area contributed by atoms with Gasteiger partial charge in [0.1, 0.15) is 17.4 Å². The number of carbonyl (C=O) groups is 1. The lowest BCUT2D eigenvalue weighted by molar-refractivity contribution is -0.153. The number of rotatable bonds is 4. The van der Waals surface area contributed by atoms with Gasteiger partial charge in [0, 0.05) is 11.8 Å². The summed E-state index contributed by atoms with van der Waals surface area (Å²) in [6, 6.07) is 7.54. The number of ether oxygens (including phenoxy) is 1. The molecule has 0 aromatic heterocycles. The molecule has 0 aliphatic rings. The van der Waals surface area contributed by atoms with Crippen LogP contribution in [0.1, 0.15) is 10.4 Å². The highest BCUT2D eigenvalue weighted by Crippen LogP contribution is 2.21. The normalized spacial score (nSPS) is 11.2. The van der Waals surface area contributed by atoms with Crippen molar-refractivity contribution in [3.8, 4) is 5.75 Å². The lowest BCUT2D eigenvalue weighted by atomic mass is 10.2. The Balaban J connectivity index is 2.01. The lowest BCUT2D eigenvalue weighted by Gasteiger charge is -2.10. The molecule has 0 fully saturated rings. The van der Waals surface area contributed by atoms with E-state index < -0.39 is 30.3 Å². The average Bonchev–Trinajstić information content (AvgIpc) is 2.45. The van der Waals surface area contributed by atoms with Crippen LogP contribution in [0, 0.1) is 11.6 Å². The largest absolute Gasteiger partial charge is 0.484 e. The zero-order valence-corrected chi connectivity index (χ0v) is 11.5. The molecule has 2 aromatic carbocycles. The van der Waals surface area contributed by atoms with E-state index in [1.165, 1.54) is 24.3 Å². The highest BCUT2D eigenvalue weighted by molar-refractivity contribution is 6.04. The molecule has 0 heterocycles. The average molecular weight is 331 g/mol. The Morgan fingerprint density at radius 1 is 1.04 bits per heavy atom. The first-order chi connectivity index (χ1) is 10.7. The van der Waals surface area contributed by atoms with E-state index >= 15 is 0 Å². The topological polar surface area (TPSA) is 38.3 Å². The van der Waals surface area contributed by atoms with E-state index in [4.69, 9.17) is 0 Å². The van der Waals surface area contributed by atoms with Crippen LogP contribution in [-0.2, 0) is 0 Å². The van der Waals surface area contributed by atoms with Crippen molar-refractivity contribution in [1.82, 2.24) is 0 Å². The molecule has 0 atom stereocenters. The maximum absolute atomic E-state index is 13.5. The number of hydrogen-bond donors (Lipinski definition) is 1. The number of hydrogen-bond acceptors (Lipinski definition) is 2. The fraction of sp³-hybridized carbons (Fsp3) is 0.133. The molecule has 3 nitrogen and oxygen atoms in total. The molecule has 1 amide bonds. The summed E-state index contributed by atoms with van der Waals surface area (Å²) in [6.45, 7) is -1.43. The molecule has 122 valence electrons. The van der Waals surface area contributed by atoms with Crippen LogP contribution >= 0.6 is 0 Å². The molecule has 0 aliphatic carbocycles. The molecule has 0 aliphatic heterocycles. The molecular weight excluding hydrogens is 321 g/mol. The summed E-state index contributed by atoms with van der Waals surface area (Å²) in [5, 5.41) is 2.34. The van der Waals surface area contributed by atoms with Crippen LogP contribution in [0.3, 0.4) is 0 Å². The third-order valence-electron chi connectivity index (χ3n) is 2.69. The van der Waals surface area contributed by atoms with Crippen LogP contribution in [0.2, 0.25) is 0 Å². The molecule has 0 bridgehead atoms. The fourth-order valence-electron chi connectivity index (χ4n) is 1.67. The van der Waals surface area contributed by atoms with Crippen molar-refractivity contribution in [2.45, 2.75) is 6.18 Å². The molecule has 23 heavy (non-hydrogen) atoms. The lowest BCUT2D eigenvalue weighted by Crippen LogP contribution is -2.19. The number of amides is 1. The van der Waals surface area contributed by atoms with Crippen LogP contribution < -0.4 is 10.1 Å². The maximum Gasteiger partial charge on any atom is 0.422 e.